The minimum Gasteiger partial charge on any atom is -0.402 e. The van der Waals surface area contributed by atoms with Gasteiger partial charge in [-0.15, -0.1) is 11.8 Å². The van der Waals surface area contributed by atoms with Gasteiger partial charge in [-0.2, -0.15) is 0 Å². The first kappa shape index (κ1) is 32.8. The molecule has 1 aliphatic rings. The van der Waals surface area contributed by atoms with Gasteiger partial charge in [0.05, 0.1) is 43.2 Å². The fourth-order valence-corrected chi connectivity index (χ4v) is 4.96. The number of allylic oxidation sites excluding steroid dienone is 3. The molecule has 0 saturated carbocycles. The molecule has 1 heterocycles. The first-order valence-electron chi connectivity index (χ1n) is 14.2. The van der Waals surface area contributed by atoms with Crippen molar-refractivity contribution in [3.05, 3.63) is 129 Å². The Bertz CT molecular complexity index is 1240. The molecule has 0 amide bonds. The Morgan fingerprint density at radius 1 is 0.927 bits per heavy atom. The van der Waals surface area contributed by atoms with E-state index in [4.69, 9.17) is 37.3 Å². The van der Waals surface area contributed by atoms with Gasteiger partial charge in [0.1, 0.15) is 0 Å². The summed E-state index contributed by atoms with van der Waals surface area (Å²) in [6.07, 6.45) is 7.44. The predicted molar refractivity (Wildman–Crippen MR) is 173 cm³/mol. The monoisotopic (exact) mass is 594 g/mol. The number of benzene rings is 3. The third-order valence-electron chi connectivity index (χ3n) is 6.64. The molecule has 3 unspecified atom stereocenters. The van der Waals surface area contributed by atoms with Crippen LogP contribution in [0, 0.1) is 0 Å². The van der Waals surface area contributed by atoms with Gasteiger partial charge in [-0.1, -0.05) is 98.2 Å². The lowest BCUT2D eigenvalue weighted by Crippen LogP contribution is -2.35. The number of hydrogen-bond acceptors (Lipinski definition) is 6. The fraction of sp³-hybridized carbons (Fsp3) is 0.353. The Kier molecular flexibility index (Phi) is 14.3. The van der Waals surface area contributed by atoms with Crippen molar-refractivity contribution < 1.29 is 14.2 Å². The van der Waals surface area contributed by atoms with Crippen molar-refractivity contribution in [2.24, 2.45) is 11.5 Å². The number of thioether (sulfide) groups is 1. The molecule has 41 heavy (non-hydrogen) atoms. The molecule has 1 aliphatic heterocycles. The Hall–Kier alpha value is -2.74. The quantitative estimate of drug-likeness (QED) is 0.207. The predicted octanol–water partition coefficient (Wildman–Crippen LogP) is 7.94. The van der Waals surface area contributed by atoms with Crippen molar-refractivity contribution >= 4 is 23.4 Å². The summed E-state index contributed by atoms with van der Waals surface area (Å²) < 4.78 is 19.0. The molecule has 0 spiro atoms. The SMILES string of the molecule is CC.CS/C(N)=C/C=C(\N)Cc1cc(C2CC(OCc3ccccc3)CC(COCc3ccccc3)O2)ccc1Cl. The Labute approximate surface area is 254 Å². The maximum absolute atomic E-state index is 6.56. The van der Waals surface area contributed by atoms with Gasteiger partial charge in [0.25, 0.3) is 0 Å². The normalized spacial score (nSPS) is 19.4. The van der Waals surface area contributed by atoms with Gasteiger partial charge in [-0.05, 0) is 46.7 Å². The number of rotatable bonds is 12. The third kappa shape index (κ3) is 11.2. The first-order chi connectivity index (χ1) is 20.0. The van der Waals surface area contributed by atoms with Gasteiger partial charge >= 0.3 is 0 Å². The average Bonchev–Trinajstić information content (AvgIpc) is 3.02. The van der Waals surface area contributed by atoms with Crippen molar-refractivity contribution in [1.29, 1.82) is 0 Å². The lowest BCUT2D eigenvalue weighted by molar-refractivity contribution is -0.142. The largest absolute Gasteiger partial charge is 0.402 e. The summed E-state index contributed by atoms with van der Waals surface area (Å²) >= 11 is 8.04. The molecule has 1 fully saturated rings. The summed E-state index contributed by atoms with van der Waals surface area (Å²) in [5, 5.41) is 1.38. The Morgan fingerprint density at radius 2 is 1.59 bits per heavy atom. The van der Waals surface area contributed by atoms with Gasteiger partial charge in [-0.25, -0.2) is 0 Å². The molecule has 3 aromatic carbocycles. The van der Waals surface area contributed by atoms with Crippen LogP contribution in [0.15, 0.2) is 102 Å². The van der Waals surface area contributed by atoms with Crippen molar-refractivity contribution in [2.75, 3.05) is 12.9 Å². The van der Waals surface area contributed by atoms with Crippen LogP contribution in [0.4, 0.5) is 0 Å². The molecule has 5 nitrogen and oxygen atoms in total. The summed E-state index contributed by atoms with van der Waals surface area (Å²) in [5.41, 5.74) is 17.1. The zero-order valence-electron chi connectivity index (χ0n) is 24.3. The van der Waals surface area contributed by atoms with Gasteiger partial charge in [0, 0.05) is 30.0 Å². The minimum atomic E-state index is -0.141. The van der Waals surface area contributed by atoms with Crippen LogP contribution in [0.2, 0.25) is 5.02 Å². The second kappa shape index (κ2) is 17.9. The van der Waals surface area contributed by atoms with Crippen LogP contribution in [0.1, 0.15) is 55.0 Å². The van der Waals surface area contributed by atoms with Crippen molar-refractivity contribution in [2.45, 2.75) is 64.6 Å². The Balaban J connectivity index is 0.00000226. The van der Waals surface area contributed by atoms with Crippen molar-refractivity contribution in [3.8, 4) is 0 Å². The highest BCUT2D eigenvalue weighted by atomic mass is 35.5. The van der Waals surface area contributed by atoms with E-state index in [0.29, 0.717) is 42.0 Å². The van der Waals surface area contributed by atoms with Crippen LogP contribution >= 0.6 is 23.4 Å². The first-order valence-corrected chi connectivity index (χ1v) is 15.8. The highest BCUT2D eigenvalue weighted by Crippen LogP contribution is 2.35. The maximum atomic E-state index is 6.56. The highest BCUT2D eigenvalue weighted by molar-refractivity contribution is 8.02. The van der Waals surface area contributed by atoms with Crippen LogP contribution < -0.4 is 11.5 Å². The standard InChI is InChI=1S/C32H37ClN2O3S.C2H6/c1-39-32(35)15-13-27(34)17-26-16-25(12-14-30(26)33)31-19-28(37-21-24-10-6-3-7-11-24)18-29(38-31)22-36-20-23-8-4-2-5-9-23;1-2/h2-16,28-29,31H,17-22,34-35H2,1H3;1-2H3/b27-13-,32-15+;. The molecular weight excluding hydrogens is 552 g/mol. The zero-order valence-corrected chi connectivity index (χ0v) is 25.9. The van der Waals surface area contributed by atoms with Gasteiger partial charge in [0.2, 0.25) is 0 Å². The molecular formula is C34H43ClN2O3S. The molecule has 0 radical (unpaired) electrons. The smallest absolute Gasteiger partial charge is 0.0854 e. The summed E-state index contributed by atoms with van der Waals surface area (Å²) in [5.74, 6) is 0. The number of ether oxygens (including phenoxy) is 3. The van der Waals surface area contributed by atoms with Gasteiger partial charge < -0.3 is 25.7 Å². The molecule has 7 heteroatoms. The zero-order chi connectivity index (χ0) is 29.5. The number of nitrogens with two attached hydrogens (primary N) is 2. The minimum absolute atomic E-state index is 0.0398. The van der Waals surface area contributed by atoms with Gasteiger partial charge in [0.15, 0.2) is 0 Å². The number of hydrogen-bond donors (Lipinski definition) is 2. The lowest BCUT2D eigenvalue weighted by atomic mass is 9.94. The third-order valence-corrected chi connectivity index (χ3v) is 7.61. The number of halogens is 1. The van der Waals surface area contributed by atoms with E-state index in [1.807, 2.05) is 80.8 Å². The van der Waals surface area contributed by atoms with Crippen molar-refractivity contribution in [3.63, 3.8) is 0 Å². The topological polar surface area (TPSA) is 79.7 Å². The van der Waals surface area contributed by atoms with E-state index in [1.165, 1.54) is 11.8 Å². The Morgan fingerprint density at radius 3 is 2.24 bits per heavy atom. The van der Waals surface area contributed by atoms with Gasteiger partial charge in [-0.3, -0.25) is 0 Å². The molecule has 3 atom stereocenters. The molecule has 3 aromatic rings. The lowest BCUT2D eigenvalue weighted by Gasteiger charge is -2.36. The van der Waals surface area contributed by atoms with E-state index < -0.39 is 0 Å². The van der Waals surface area contributed by atoms with E-state index in [2.05, 4.69) is 30.3 Å². The van der Waals surface area contributed by atoms with Crippen LogP contribution in [0.3, 0.4) is 0 Å². The summed E-state index contributed by atoms with van der Waals surface area (Å²) in [4.78, 5) is 0. The highest BCUT2D eigenvalue weighted by Gasteiger charge is 2.31. The van der Waals surface area contributed by atoms with E-state index in [9.17, 15) is 0 Å². The van der Waals surface area contributed by atoms with E-state index >= 15 is 0 Å². The van der Waals surface area contributed by atoms with E-state index in [1.54, 1.807) is 0 Å². The van der Waals surface area contributed by atoms with Crippen LogP contribution in [-0.4, -0.2) is 25.1 Å². The van der Waals surface area contributed by atoms with E-state index in [0.717, 1.165) is 35.1 Å². The molecule has 0 aliphatic carbocycles. The molecule has 4 N–H and O–H groups in total. The molecule has 1 saturated heterocycles. The van der Waals surface area contributed by atoms with E-state index in [-0.39, 0.29) is 18.3 Å². The molecule has 0 bridgehead atoms. The molecule has 4 rings (SSSR count). The average molecular weight is 595 g/mol. The van der Waals surface area contributed by atoms with Crippen LogP contribution in [-0.2, 0) is 33.8 Å². The van der Waals surface area contributed by atoms with Crippen LogP contribution in [0.5, 0.6) is 0 Å². The molecule has 0 aromatic heterocycles. The fourth-order valence-electron chi connectivity index (χ4n) is 4.57. The summed E-state index contributed by atoms with van der Waals surface area (Å²) in [7, 11) is 0. The van der Waals surface area contributed by atoms with Crippen LogP contribution in [0.25, 0.3) is 0 Å². The summed E-state index contributed by atoms with van der Waals surface area (Å²) in [6.45, 7) is 5.61. The van der Waals surface area contributed by atoms with Crippen molar-refractivity contribution in [1.82, 2.24) is 0 Å². The second-order valence-electron chi connectivity index (χ2n) is 9.68. The summed E-state index contributed by atoms with van der Waals surface area (Å²) in [6, 6.07) is 26.5. The molecule has 220 valence electrons. The maximum Gasteiger partial charge on any atom is 0.0854 e. The second-order valence-corrected chi connectivity index (χ2v) is 11.0.